The number of nitrogens with two attached hydrogens (primary N) is 1. The molecular formula is C12H16F3NO2. The zero-order valence-electron chi connectivity index (χ0n) is 10.3. The number of ether oxygens (including phenoxy) is 2. The number of methoxy groups -OCH3 is 2. The summed E-state index contributed by atoms with van der Waals surface area (Å²) < 4.78 is 46.6. The zero-order chi connectivity index (χ0) is 13.8. The van der Waals surface area contributed by atoms with Gasteiger partial charge in [0.1, 0.15) is 0 Å². The summed E-state index contributed by atoms with van der Waals surface area (Å²) in [6.45, 7) is 0. The predicted octanol–water partition coefficient (Wildman–Crippen LogP) is 3.05. The minimum Gasteiger partial charge on any atom is -0.493 e. The molecule has 1 rings (SSSR count). The Morgan fingerprint density at radius 1 is 1.22 bits per heavy atom. The van der Waals surface area contributed by atoms with Gasteiger partial charge in [-0.05, 0) is 12.5 Å². The van der Waals surface area contributed by atoms with Crippen LogP contribution in [-0.2, 0) is 0 Å². The van der Waals surface area contributed by atoms with Crippen molar-refractivity contribution in [2.24, 2.45) is 5.73 Å². The number of rotatable bonds is 5. The van der Waals surface area contributed by atoms with Crippen LogP contribution in [0, 0.1) is 0 Å². The molecule has 0 aliphatic rings. The molecular weight excluding hydrogens is 247 g/mol. The van der Waals surface area contributed by atoms with Gasteiger partial charge in [0.15, 0.2) is 11.5 Å². The molecule has 6 heteroatoms. The van der Waals surface area contributed by atoms with Crippen LogP contribution in [0.1, 0.15) is 24.4 Å². The lowest BCUT2D eigenvalue weighted by Crippen LogP contribution is -2.16. The highest BCUT2D eigenvalue weighted by atomic mass is 19.4. The highest BCUT2D eigenvalue weighted by Crippen LogP contribution is 2.36. The lowest BCUT2D eigenvalue weighted by molar-refractivity contribution is -0.136. The molecule has 0 fully saturated rings. The van der Waals surface area contributed by atoms with Gasteiger partial charge in [-0.1, -0.05) is 12.1 Å². The van der Waals surface area contributed by atoms with Crippen molar-refractivity contribution >= 4 is 0 Å². The zero-order valence-corrected chi connectivity index (χ0v) is 10.3. The van der Waals surface area contributed by atoms with Crippen LogP contribution in [0.25, 0.3) is 0 Å². The summed E-state index contributed by atoms with van der Waals surface area (Å²) in [4.78, 5) is 0. The fourth-order valence-electron chi connectivity index (χ4n) is 1.68. The number of alkyl halides is 3. The first-order chi connectivity index (χ1) is 8.39. The number of para-hydroxylation sites is 1. The van der Waals surface area contributed by atoms with Crippen molar-refractivity contribution in [3.63, 3.8) is 0 Å². The summed E-state index contributed by atoms with van der Waals surface area (Å²) in [5.74, 6) is 0.840. The molecule has 0 unspecified atom stereocenters. The highest BCUT2D eigenvalue weighted by Gasteiger charge is 2.28. The van der Waals surface area contributed by atoms with Crippen LogP contribution in [0.2, 0.25) is 0 Å². The molecule has 0 amide bonds. The van der Waals surface area contributed by atoms with Gasteiger partial charge in [-0.3, -0.25) is 0 Å². The first-order valence-corrected chi connectivity index (χ1v) is 5.42. The normalized spacial score (nSPS) is 13.2. The van der Waals surface area contributed by atoms with Crippen LogP contribution >= 0.6 is 0 Å². The SMILES string of the molecule is COc1cccc([C@H](N)CCC(F)(F)F)c1OC. The average Bonchev–Trinajstić information content (AvgIpc) is 2.33. The van der Waals surface area contributed by atoms with Gasteiger partial charge in [0.25, 0.3) is 0 Å². The van der Waals surface area contributed by atoms with Crippen LogP contribution in [-0.4, -0.2) is 20.4 Å². The van der Waals surface area contributed by atoms with E-state index in [1.54, 1.807) is 18.2 Å². The molecule has 0 spiro atoms. The number of halogens is 3. The Balaban J connectivity index is 2.88. The van der Waals surface area contributed by atoms with E-state index in [1.807, 2.05) is 0 Å². The smallest absolute Gasteiger partial charge is 0.389 e. The van der Waals surface area contributed by atoms with Gasteiger partial charge in [-0.2, -0.15) is 13.2 Å². The van der Waals surface area contributed by atoms with Crippen LogP contribution in [0.3, 0.4) is 0 Å². The molecule has 0 heterocycles. The van der Waals surface area contributed by atoms with E-state index in [-0.39, 0.29) is 6.42 Å². The number of benzene rings is 1. The molecule has 0 saturated heterocycles. The van der Waals surface area contributed by atoms with Crippen LogP contribution in [0.15, 0.2) is 18.2 Å². The Bertz CT molecular complexity index is 393. The summed E-state index contributed by atoms with van der Waals surface area (Å²) >= 11 is 0. The van der Waals surface area contributed by atoms with Crippen molar-refractivity contribution in [1.29, 1.82) is 0 Å². The van der Waals surface area contributed by atoms with Gasteiger partial charge < -0.3 is 15.2 Å². The van der Waals surface area contributed by atoms with Gasteiger partial charge in [0.05, 0.1) is 14.2 Å². The Morgan fingerprint density at radius 2 is 1.89 bits per heavy atom. The maximum Gasteiger partial charge on any atom is 0.389 e. The minimum atomic E-state index is -4.20. The molecule has 102 valence electrons. The molecule has 0 bridgehead atoms. The molecule has 1 aromatic rings. The third-order valence-corrected chi connectivity index (χ3v) is 2.57. The van der Waals surface area contributed by atoms with Crippen molar-refractivity contribution in [2.75, 3.05) is 14.2 Å². The van der Waals surface area contributed by atoms with Crippen LogP contribution in [0.5, 0.6) is 11.5 Å². The third kappa shape index (κ3) is 3.80. The van der Waals surface area contributed by atoms with E-state index < -0.39 is 18.6 Å². The van der Waals surface area contributed by atoms with Crippen LogP contribution in [0.4, 0.5) is 13.2 Å². The number of hydrogen-bond donors (Lipinski definition) is 1. The molecule has 2 N–H and O–H groups in total. The van der Waals surface area contributed by atoms with Gasteiger partial charge in [-0.25, -0.2) is 0 Å². The Labute approximate surface area is 104 Å². The number of hydrogen-bond acceptors (Lipinski definition) is 3. The first kappa shape index (κ1) is 14.6. The molecule has 0 aliphatic heterocycles. The van der Waals surface area contributed by atoms with E-state index in [9.17, 15) is 13.2 Å². The lowest BCUT2D eigenvalue weighted by Gasteiger charge is -2.18. The summed E-state index contributed by atoms with van der Waals surface area (Å²) in [6.07, 6.45) is -5.31. The van der Waals surface area contributed by atoms with Gasteiger partial charge >= 0.3 is 6.18 Å². The fourth-order valence-corrected chi connectivity index (χ4v) is 1.68. The maximum atomic E-state index is 12.1. The second-order valence-corrected chi connectivity index (χ2v) is 3.84. The van der Waals surface area contributed by atoms with Gasteiger partial charge in [0.2, 0.25) is 0 Å². The van der Waals surface area contributed by atoms with Crippen molar-refractivity contribution in [3.8, 4) is 11.5 Å². The molecule has 0 saturated carbocycles. The lowest BCUT2D eigenvalue weighted by atomic mass is 10.0. The van der Waals surface area contributed by atoms with E-state index in [1.165, 1.54) is 14.2 Å². The quantitative estimate of drug-likeness (QED) is 0.888. The largest absolute Gasteiger partial charge is 0.493 e. The second-order valence-electron chi connectivity index (χ2n) is 3.84. The van der Waals surface area contributed by atoms with Crippen molar-refractivity contribution in [2.45, 2.75) is 25.1 Å². The first-order valence-electron chi connectivity index (χ1n) is 5.42. The molecule has 18 heavy (non-hydrogen) atoms. The summed E-state index contributed by atoms with van der Waals surface area (Å²) in [6, 6.07) is 4.24. The summed E-state index contributed by atoms with van der Waals surface area (Å²) in [7, 11) is 2.89. The van der Waals surface area contributed by atoms with Gasteiger partial charge in [-0.15, -0.1) is 0 Å². The molecule has 0 aliphatic carbocycles. The maximum absolute atomic E-state index is 12.1. The van der Waals surface area contributed by atoms with Crippen molar-refractivity contribution in [3.05, 3.63) is 23.8 Å². The second kappa shape index (κ2) is 5.95. The van der Waals surface area contributed by atoms with E-state index >= 15 is 0 Å². The standard InChI is InChI=1S/C12H16F3NO2/c1-17-10-5-3-4-8(11(10)18-2)9(16)6-7-12(13,14)15/h3-5,9H,6-7,16H2,1-2H3/t9-/m1/s1. The Hall–Kier alpha value is -1.43. The van der Waals surface area contributed by atoms with Crippen LogP contribution < -0.4 is 15.2 Å². The monoisotopic (exact) mass is 263 g/mol. The third-order valence-electron chi connectivity index (χ3n) is 2.57. The summed E-state index contributed by atoms with van der Waals surface area (Å²) in [5.41, 5.74) is 6.28. The van der Waals surface area contributed by atoms with E-state index in [4.69, 9.17) is 15.2 Å². The Kier molecular flexibility index (Phi) is 4.84. The molecule has 1 atom stereocenters. The van der Waals surface area contributed by atoms with E-state index in [2.05, 4.69) is 0 Å². The van der Waals surface area contributed by atoms with Crippen molar-refractivity contribution in [1.82, 2.24) is 0 Å². The van der Waals surface area contributed by atoms with Gasteiger partial charge in [0, 0.05) is 18.0 Å². The molecule has 3 nitrogen and oxygen atoms in total. The Morgan fingerprint density at radius 3 is 2.39 bits per heavy atom. The molecule has 1 aromatic carbocycles. The van der Waals surface area contributed by atoms with E-state index in [0.29, 0.717) is 17.1 Å². The minimum absolute atomic E-state index is 0.187. The summed E-state index contributed by atoms with van der Waals surface area (Å²) in [5, 5.41) is 0. The van der Waals surface area contributed by atoms with E-state index in [0.717, 1.165) is 0 Å². The molecule has 0 aromatic heterocycles. The molecule has 0 radical (unpaired) electrons. The highest BCUT2D eigenvalue weighted by molar-refractivity contribution is 5.47. The fraction of sp³-hybridized carbons (Fsp3) is 0.500. The predicted molar refractivity (Wildman–Crippen MR) is 61.8 cm³/mol. The average molecular weight is 263 g/mol. The van der Waals surface area contributed by atoms with Crippen molar-refractivity contribution < 1.29 is 22.6 Å². The topological polar surface area (TPSA) is 44.5 Å².